The highest BCUT2D eigenvalue weighted by molar-refractivity contribution is 6.21. The molecule has 5 rings (SSSR count). The van der Waals surface area contributed by atoms with Gasteiger partial charge < -0.3 is 20.5 Å². The SMILES string of the molecule is CC1NNC(C(=O)NC23CCC(NC(=O)COC4CCC(Cl)C(F)C4)(CC2)[C@@H](O)C3)N1. The van der Waals surface area contributed by atoms with Crippen LogP contribution in [0.25, 0.3) is 0 Å². The van der Waals surface area contributed by atoms with Gasteiger partial charge in [-0.05, 0) is 51.9 Å². The molecular formula is C20H33ClFN5O4. The number of aliphatic hydroxyl groups excluding tert-OH is 1. The molecule has 4 aliphatic carbocycles. The zero-order chi connectivity index (χ0) is 22.2. The van der Waals surface area contributed by atoms with E-state index < -0.39 is 34.9 Å². The van der Waals surface area contributed by atoms with Gasteiger partial charge in [0.25, 0.3) is 5.91 Å². The maximum Gasteiger partial charge on any atom is 0.253 e. The van der Waals surface area contributed by atoms with Crippen molar-refractivity contribution in [2.75, 3.05) is 6.61 Å². The van der Waals surface area contributed by atoms with E-state index in [4.69, 9.17) is 16.3 Å². The minimum atomic E-state index is -1.11. The second-order valence-corrected chi connectivity index (χ2v) is 10.1. The van der Waals surface area contributed by atoms with Crippen molar-refractivity contribution in [2.45, 2.75) is 105 Å². The molecule has 0 aromatic heterocycles. The van der Waals surface area contributed by atoms with Crippen LogP contribution in [0.5, 0.6) is 0 Å². The highest BCUT2D eigenvalue weighted by atomic mass is 35.5. The van der Waals surface area contributed by atoms with Gasteiger partial charge in [-0.15, -0.1) is 11.6 Å². The van der Waals surface area contributed by atoms with Crippen molar-refractivity contribution in [3.05, 3.63) is 0 Å². The molecule has 5 unspecified atom stereocenters. The number of ether oxygens (including phenoxy) is 1. The van der Waals surface area contributed by atoms with Gasteiger partial charge in [0.2, 0.25) is 5.91 Å². The van der Waals surface area contributed by atoms with E-state index >= 15 is 0 Å². The second kappa shape index (κ2) is 9.07. The molecule has 31 heavy (non-hydrogen) atoms. The molecule has 1 aliphatic heterocycles. The molecule has 0 radical (unpaired) electrons. The first kappa shape index (κ1) is 23.1. The lowest BCUT2D eigenvalue weighted by atomic mass is 9.60. The van der Waals surface area contributed by atoms with Crippen molar-refractivity contribution >= 4 is 23.4 Å². The van der Waals surface area contributed by atoms with Gasteiger partial charge in [0.1, 0.15) is 12.8 Å². The van der Waals surface area contributed by atoms with E-state index in [0.717, 1.165) is 0 Å². The summed E-state index contributed by atoms with van der Waals surface area (Å²) in [5.74, 6) is -0.464. The summed E-state index contributed by atoms with van der Waals surface area (Å²) in [5, 5.41) is 19.6. The first-order valence-corrected chi connectivity index (χ1v) is 11.6. The minimum Gasteiger partial charge on any atom is -0.391 e. The maximum absolute atomic E-state index is 13.8. The molecule has 1 saturated heterocycles. The molecule has 6 N–H and O–H groups in total. The average Bonchev–Trinajstić information content (AvgIpc) is 3.17. The van der Waals surface area contributed by atoms with Crippen LogP contribution in [0, 0.1) is 0 Å². The van der Waals surface area contributed by atoms with Crippen LogP contribution >= 0.6 is 11.6 Å². The Morgan fingerprint density at radius 3 is 2.55 bits per heavy atom. The summed E-state index contributed by atoms with van der Waals surface area (Å²) in [4.78, 5) is 25.1. The van der Waals surface area contributed by atoms with Crippen molar-refractivity contribution in [1.82, 2.24) is 26.8 Å². The van der Waals surface area contributed by atoms with Gasteiger partial charge in [0, 0.05) is 12.0 Å². The third kappa shape index (κ3) is 4.99. The molecule has 2 amide bonds. The fraction of sp³-hybridized carbons (Fsp3) is 0.900. The summed E-state index contributed by atoms with van der Waals surface area (Å²) in [5.41, 5.74) is 4.68. The van der Waals surface area contributed by atoms with Crippen LogP contribution in [0.4, 0.5) is 4.39 Å². The van der Waals surface area contributed by atoms with E-state index in [9.17, 15) is 19.1 Å². The van der Waals surface area contributed by atoms with Crippen molar-refractivity contribution < 1.29 is 23.8 Å². The third-order valence-electron chi connectivity index (χ3n) is 7.32. The quantitative estimate of drug-likeness (QED) is 0.306. The fourth-order valence-corrected chi connectivity index (χ4v) is 5.61. The predicted octanol–water partition coefficient (Wildman–Crippen LogP) is -0.0809. The van der Waals surface area contributed by atoms with Crippen LogP contribution in [0.15, 0.2) is 0 Å². The maximum atomic E-state index is 13.8. The Kier molecular flexibility index (Phi) is 6.77. The Hall–Kier alpha value is -1.04. The monoisotopic (exact) mass is 461 g/mol. The van der Waals surface area contributed by atoms with E-state index in [0.29, 0.717) is 44.9 Å². The molecule has 6 atom stereocenters. The molecule has 0 spiro atoms. The number of amides is 2. The van der Waals surface area contributed by atoms with Gasteiger partial charge in [-0.3, -0.25) is 14.9 Å². The fourth-order valence-electron chi connectivity index (χ4n) is 5.38. The summed E-state index contributed by atoms with van der Waals surface area (Å²) >= 11 is 5.89. The van der Waals surface area contributed by atoms with Gasteiger partial charge in [-0.25, -0.2) is 15.2 Å². The summed E-state index contributed by atoms with van der Waals surface area (Å²) < 4.78 is 19.4. The van der Waals surface area contributed by atoms with E-state index in [1.165, 1.54) is 0 Å². The lowest BCUT2D eigenvalue weighted by molar-refractivity contribution is -0.140. The topological polar surface area (TPSA) is 124 Å². The van der Waals surface area contributed by atoms with Crippen molar-refractivity contribution in [2.24, 2.45) is 0 Å². The summed E-state index contributed by atoms with van der Waals surface area (Å²) in [7, 11) is 0. The average molecular weight is 462 g/mol. The first-order chi connectivity index (χ1) is 14.7. The van der Waals surface area contributed by atoms with Crippen LogP contribution in [-0.4, -0.2) is 70.7 Å². The van der Waals surface area contributed by atoms with Crippen LogP contribution in [-0.2, 0) is 14.3 Å². The Labute approximate surface area is 186 Å². The number of hydrazine groups is 1. The van der Waals surface area contributed by atoms with Gasteiger partial charge in [-0.2, -0.15) is 0 Å². The molecular weight excluding hydrogens is 429 g/mol. The zero-order valence-electron chi connectivity index (χ0n) is 17.8. The van der Waals surface area contributed by atoms with E-state index in [1.807, 2.05) is 6.92 Å². The van der Waals surface area contributed by atoms with Gasteiger partial charge in [0.05, 0.1) is 29.3 Å². The van der Waals surface area contributed by atoms with Crippen LogP contribution < -0.4 is 26.8 Å². The molecule has 5 fully saturated rings. The number of hydrogen-bond donors (Lipinski definition) is 6. The number of alkyl halides is 2. The van der Waals surface area contributed by atoms with Gasteiger partial charge in [0.15, 0.2) is 6.17 Å². The smallest absolute Gasteiger partial charge is 0.253 e. The zero-order valence-corrected chi connectivity index (χ0v) is 18.5. The summed E-state index contributed by atoms with van der Waals surface area (Å²) in [6.07, 6.45) is 1.54. The number of fused-ring (bicyclic) bond motifs is 3. The Morgan fingerprint density at radius 1 is 1.19 bits per heavy atom. The Bertz CT molecular complexity index is 692. The van der Waals surface area contributed by atoms with Crippen molar-refractivity contribution in [3.63, 3.8) is 0 Å². The number of carbonyl (C=O) groups is 2. The summed E-state index contributed by atoms with van der Waals surface area (Å²) in [6.45, 7) is 1.74. The lowest BCUT2D eigenvalue weighted by Crippen LogP contribution is -2.71. The molecule has 0 aromatic rings. The van der Waals surface area contributed by atoms with E-state index in [-0.39, 0.29) is 37.1 Å². The molecule has 0 aromatic carbocycles. The molecule has 5 aliphatic rings. The molecule has 11 heteroatoms. The first-order valence-electron chi connectivity index (χ1n) is 11.2. The molecule has 1 heterocycles. The Balaban J connectivity index is 1.26. The van der Waals surface area contributed by atoms with Gasteiger partial charge >= 0.3 is 0 Å². The van der Waals surface area contributed by atoms with Crippen molar-refractivity contribution in [1.29, 1.82) is 0 Å². The number of carbonyl (C=O) groups excluding carboxylic acids is 2. The predicted molar refractivity (Wildman–Crippen MR) is 112 cm³/mol. The van der Waals surface area contributed by atoms with Crippen molar-refractivity contribution in [3.8, 4) is 0 Å². The largest absolute Gasteiger partial charge is 0.391 e. The summed E-state index contributed by atoms with van der Waals surface area (Å²) in [6, 6.07) is 0. The number of hydrogen-bond acceptors (Lipinski definition) is 7. The van der Waals surface area contributed by atoms with Gasteiger partial charge in [-0.1, -0.05) is 0 Å². The Morgan fingerprint density at radius 2 is 1.94 bits per heavy atom. The number of rotatable bonds is 6. The second-order valence-electron chi connectivity index (χ2n) is 9.58. The number of halogens is 2. The standard InChI is InChI=1S/C20H33ClFN5O4/c1-11-23-17(27-26-11)18(30)25-19-4-6-20(7-5-19,15(28)9-19)24-16(29)10-31-12-2-3-13(21)14(22)8-12/h11-15,17,23,26-28H,2-10H2,1H3,(H,24,29)(H,25,30)/t11?,12?,13?,14?,15-,17?,19?,20?/m0/s1. The number of nitrogens with one attached hydrogen (secondary N) is 5. The third-order valence-corrected chi connectivity index (χ3v) is 7.81. The minimum absolute atomic E-state index is 0.0117. The van der Waals surface area contributed by atoms with E-state index in [2.05, 4.69) is 26.8 Å². The normalized spacial score (nSPS) is 44.8. The van der Waals surface area contributed by atoms with Crippen LogP contribution in [0.3, 0.4) is 0 Å². The van der Waals surface area contributed by atoms with E-state index in [1.54, 1.807) is 0 Å². The van der Waals surface area contributed by atoms with Crippen LogP contribution in [0.1, 0.15) is 58.3 Å². The molecule has 9 nitrogen and oxygen atoms in total. The van der Waals surface area contributed by atoms with Crippen LogP contribution in [0.2, 0.25) is 0 Å². The number of aliphatic hydroxyl groups is 1. The lowest BCUT2D eigenvalue weighted by Gasteiger charge is -2.56. The highest BCUT2D eigenvalue weighted by Crippen LogP contribution is 2.47. The molecule has 4 saturated carbocycles. The molecule has 176 valence electrons. The molecule has 2 bridgehead atoms. The highest BCUT2D eigenvalue weighted by Gasteiger charge is 2.55.